The number of aliphatic hydroxyl groups is 5. The highest BCUT2D eigenvalue weighted by atomic mass is 16.7. The van der Waals surface area contributed by atoms with Crippen LogP contribution in [0.2, 0.25) is 0 Å². The van der Waals surface area contributed by atoms with Crippen molar-refractivity contribution in [3.8, 4) is 0 Å². The van der Waals surface area contributed by atoms with Crippen LogP contribution in [0.25, 0.3) is 0 Å². The first-order valence-corrected chi connectivity index (χ1v) is 42.0. The van der Waals surface area contributed by atoms with Gasteiger partial charge in [0.2, 0.25) is 5.91 Å². The lowest BCUT2D eigenvalue weighted by molar-refractivity contribution is -0.302. The van der Waals surface area contributed by atoms with Gasteiger partial charge in [0.05, 0.1) is 25.4 Å². The van der Waals surface area contributed by atoms with Crippen LogP contribution in [0, 0.1) is 0 Å². The predicted molar refractivity (Wildman–Crippen MR) is 410 cm³/mol. The van der Waals surface area contributed by atoms with Crippen molar-refractivity contribution in [1.82, 2.24) is 5.32 Å². The van der Waals surface area contributed by atoms with Crippen LogP contribution >= 0.6 is 0 Å². The molecule has 0 spiro atoms. The van der Waals surface area contributed by atoms with Crippen molar-refractivity contribution >= 4 is 5.91 Å². The molecule has 0 bridgehead atoms. The standard InChI is InChI=1S/C86H161NO8/c1-3-5-7-9-11-13-15-17-19-21-23-25-27-29-31-33-35-37-38-39-40-41-42-44-46-48-50-52-54-56-58-60-62-64-66-68-70-72-74-76-82(90)87-79(78-94-86-85(93)84(92)83(91)81(77-88)95-86)80(89)75-73-71-69-67-65-63-61-59-57-55-53-51-49-47-45-43-36-34-32-30-28-26-24-22-20-18-16-14-12-10-8-6-4-2/h15,17,21,23,27,29,65,67,73,75,79-81,83-86,88-89,91-93H,3-14,16,18-20,22,24-26,28,30-64,66,68-72,74,76-78H2,1-2H3,(H,87,90)/b17-15-,23-21-,29-27-,67-65+,75-73+. The molecule has 1 rings (SSSR count). The van der Waals surface area contributed by atoms with Crippen molar-refractivity contribution in [3.63, 3.8) is 0 Å². The molecule has 1 fully saturated rings. The van der Waals surface area contributed by atoms with Gasteiger partial charge in [-0.25, -0.2) is 0 Å². The second-order valence-electron chi connectivity index (χ2n) is 29.3. The number of hydrogen-bond donors (Lipinski definition) is 6. The van der Waals surface area contributed by atoms with Gasteiger partial charge in [-0.2, -0.15) is 0 Å². The third kappa shape index (κ3) is 62.6. The summed E-state index contributed by atoms with van der Waals surface area (Å²) in [5, 5.41) is 54.9. The number of carbonyl (C=O) groups excluding carboxylic acids is 1. The highest BCUT2D eigenvalue weighted by Crippen LogP contribution is 2.24. The zero-order chi connectivity index (χ0) is 68.5. The Kier molecular flexibility index (Phi) is 71.4. The van der Waals surface area contributed by atoms with Crippen molar-refractivity contribution in [2.24, 2.45) is 0 Å². The van der Waals surface area contributed by atoms with Crippen molar-refractivity contribution in [2.75, 3.05) is 13.2 Å². The fourth-order valence-electron chi connectivity index (χ4n) is 13.5. The molecule has 0 aromatic carbocycles. The van der Waals surface area contributed by atoms with Crippen molar-refractivity contribution < 1.29 is 39.8 Å². The van der Waals surface area contributed by atoms with Gasteiger partial charge in [0.15, 0.2) is 6.29 Å². The maximum Gasteiger partial charge on any atom is 0.220 e. The first-order chi connectivity index (χ1) is 46.8. The van der Waals surface area contributed by atoms with E-state index in [1.165, 1.54) is 353 Å². The summed E-state index contributed by atoms with van der Waals surface area (Å²) < 4.78 is 11.3. The smallest absolute Gasteiger partial charge is 0.220 e. The van der Waals surface area contributed by atoms with Gasteiger partial charge >= 0.3 is 0 Å². The fraction of sp³-hybridized carbons (Fsp3) is 0.872. The average molecular weight is 1340 g/mol. The van der Waals surface area contributed by atoms with Crippen LogP contribution < -0.4 is 5.32 Å². The molecular weight excluding hydrogens is 1170 g/mol. The number of aliphatic hydroxyl groups excluding tert-OH is 5. The molecule has 0 saturated carbocycles. The van der Waals surface area contributed by atoms with E-state index >= 15 is 0 Å². The molecule has 1 amide bonds. The topological polar surface area (TPSA) is 149 Å². The zero-order valence-electron chi connectivity index (χ0n) is 62.9. The van der Waals surface area contributed by atoms with E-state index in [1.807, 2.05) is 6.08 Å². The molecule has 1 heterocycles. The Balaban J connectivity index is 2.06. The summed E-state index contributed by atoms with van der Waals surface area (Å²) in [6.07, 6.45) is 98.2. The molecule has 0 aromatic heterocycles. The van der Waals surface area contributed by atoms with Crippen LogP contribution in [0.1, 0.15) is 425 Å². The third-order valence-electron chi connectivity index (χ3n) is 20.1. The van der Waals surface area contributed by atoms with Crippen LogP contribution in [-0.2, 0) is 14.3 Å². The van der Waals surface area contributed by atoms with E-state index in [0.717, 1.165) is 51.4 Å². The normalized spacial score (nSPS) is 17.7. The summed E-state index contributed by atoms with van der Waals surface area (Å²) in [5.41, 5.74) is 0. The second kappa shape index (κ2) is 74.6. The van der Waals surface area contributed by atoms with Crippen LogP contribution in [0.3, 0.4) is 0 Å². The molecule has 1 aliphatic rings. The third-order valence-corrected chi connectivity index (χ3v) is 20.1. The van der Waals surface area contributed by atoms with Gasteiger partial charge in [-0.05, 0) is 70.6 Å². The van der Waals surface area contributed by atoms with Crippen LogP contribution in [0.15, 0.2) is 60.8 Å². The molecule has 0 aromatic rings. The van der Waals surface area contributed by atoms with E-state index in [0.29, 0.717) is 6.42 Å². The van der Waals surface area contributed by atoms with E-state index in [9.17, 15) is 30.3 Å². The number of rotatable bonds is 75. The fourth-order valence-corrected chi connectivity index (χ4v) is 13.5. The summed E-state index contributed by atoms with van der Waals surface area (Å²) in [6, 6.07) is -0.824. The maximum absolute atomic E-state index is 13.2. The second-order valence-corrected chi connectivity index (χ2v) is 29.3. The predicted octanol–water partition coefficient (Wildman–Crippen LogP) is 24.4. The minimum Gasteiger partial charge on any atom is -0.394 e. The highest BCUT2D eigenvalue weighted by molar-refractivity contribution is 5.76. The number of amides is 1. The van der Waals surface area contributed by atoms with E-state index in [1.54, 1.807) is 6.08 Å². The zero-order valence-corrected chi connectivity index (χ0v) is 62.9. The van der Waals surface area contributed by atoms with Gasteiger partial charge in [0.1, 0.15) is 24.4 Å². The average Bonchev–Trinajstić information content (AvgIpc) is 0.836. The van der Waals surface area contributed by atoms with Gasteiger partial charge in [-0.1, -0.05) is 408 Å². The number of ether oxygens (including phenoxy) is 2. The van der Waals surface area contributed by atoms with Gasteiger partial charge in [-0.15, -0.1) is 0 Å². The molecule has 95 heavy (non-hydrogen) atoms. The minimum absolute atomic E-state index is 0.179. The molecule has 9 heteroatoms. The summed E-state index contributed by atoms with van der Waals surface area (Å²) in [4.78, 5) is 13.2. The van der Waals surface area contributed by atoms with Crippen LogP contribution in [0.5, 0.6) is 0 Å². The lowest BCUT2D eigenvalue weighted by Crippen LogP contribution is -2.60. The number of nitrogens with one attached hydrogen (secondary N) is 1. The summed E-state index contributed by atoms with van der Waals surface area (Å²) in [6.45, 7) is 3.81. The summed E-state index contributed by atoms with van der Waals surface area (Å²) in [5.74, 6) is -0.179. The van der Waals surface area contributed by atoms with Gasteiger partial charge in [0, 0.05) is 6.42 Å². The molecule has 6 N–H and O–H groups in total. The summed E-state index contributed by atoms with van der Waals surface area (Å²) >= 11 is 0. The van der Waals surface area contributed by atoms with E-state index < -0.39 is 49.5 Å². The monoisotopic (exact) mass is 1340 g/mol. The Labute approximate surface area is 589 Å². The maximum atomic E-state index is 13.2. The van der Waals surface area contributed by atoms with Crippen LogP contribution in [0.4, 0.5) is 0 Å². The quantitative estimate of drug-likeness (QED) is 0.0261. The molecule has 7 atom stereocenters. The Hall–Kier alpha value is -2.11. The van der Waals surface area contributed by atoms with E-state index in [4.69, 9.17) is 9.47 Å². The van der Waals surface area contributed by atoms with Gasteiger partial charge < -0.3 is 40.3 Å². The molecule has 7 unspecified atom stereocenters. The SMILES string of the molecule is CCCCCCC/C=C\C/C=C\C/C=C\CCCCCCCCCCCCCCCCCCCCCCCCCCC(=O)NC(COC1OC(CO)C(O)C(O)C1O)C(O)/C=C/CC/C=C/CCCCCCCCCCCCCCCCCCCCCCCCCCCCC. The lowest BCUT2D eigenvalue weighted by Gasteiger charge is -2.40. The van der Waals surface area contributed by atoms with Crippen molar-refractivity contribution in [1.29, 1.82) is 0 Å². The Morgan fingerprint density at radius 2 is 0.632 bits per heavy atom. The Morgan fingerprint density at radius 1 is 0.358 bits per heavy atom. The van der Waals surface area contributed by atoms with E-state index in [2.05, 4.69) is 67.8 Å². The molecular formula is C86H161NO8. The van der Waals surface area contributed by atoms with Crippen molar-refractivity contribution in [2.45, 2.75) is 468 Å². The number of unbranched alkanes of at least 4 members (excludes halogenated alkanes) is 57. The molecule has 1 aliphatic heterocycles. The first kappa shape index (κ1) is 90.9. The lowest BCUT2D eigenvalue weighted by atomic mass is 9.99. The Bertz CT molecular complexity index is 1700. The summed E-state index contributed by atoms with van der Waals surface area (Å²) in [7, 11) is 0. The van der Waals surface area contributed by atoms with Gasteiger partial charge in [0.25, 0.3) is 0 Å². The minimum atomic E-state index is -1.57. The molecule has 558 valence electrons. The Morgan fingerprint density at radius 3 is 0.958 bits per heavy atom. The van der Waals surface area contributed by atoms with Gasteiger partial charge in [-0.3, -0.25) is 4.79 Å². The molecule has 0 aliphatic carbocycles. The molecule has 0 radical (unpaired) electrons. The van der Waals surface area contributed by atoms with E-state index in [-0.39, 0.29) is 12.5 Å². The molecule has 1 saturated heterocycles. The number of hydrogen-bond acceptors (Lipinski definition) is 8. The number of allylic oxidation sites excluding steroid dienone is 9. The first-order valence-electron chi connectivity index (χ1n) is 42.0. The highest BCUT2D eigenvalue weighted by Gasteiger charge is 2.44. The largest absolute Gasteiger partial charge is 0.394 e. The van der Waals surface area contributed by atoms with Crippen molar-refractivity contribution in [3.05, 3.63) is 60.8 Å². The molecule has 9 nitrogen and oxygen atoms in total. The van der Waals surface area contributed by atoms with Crippen LogP contribution in [-0.4, -0.2) is 87.5 Å². The number of carbonyl (C=O) groups is 1.